The SMILES string of the molecule is O=C(Cn1c2ccccc2c2cccnc21)NCc1ccc(CCNC(=O)c2ccc3c(c2)C(=O)N(C2CCC(=O)NC2=O)C3=O)cc1. The van der Waals surface area contributed by atoms with Gasteiger partial charge in [-0.2, -0.15) is 0 Å². The summed E-state index contributed by atoms with van der Waals surface area (Å²) in [7, 11) is 0. The summed E-state index contributed by atoms with van der Waals surface area (Å²) in [5.41, 5.74) is 4.00. The van der Waals surface area contributed by atoms with Gasteiger partial charge in [0.15, 0.2) is 0 Å². The Labute approximate surface area is 274 Å². The number of pyridine rings is 1. The number of hydrogen-bond donors (Lipinski definition) is 3. The average molecular weight is 643 g/mol. The Hall–Kier alpha value is -6.17. The highest BCUT2D eigenvalue weighted by molar-refractivity contribution is 6.24. The number of fused-ring (bicyclic) bond motifs is 4. The molecule has 12 nitrogen and oxygen atoms in total. The molecule has 3 N–H and O–H groups in total. The van der Waals surface area contributed by atoms with Crippen molar-refractivity contribution in [1.82, 2.24) is 30.4 Å². The van der Waals surface area contributed by atoms with Crippen LogP contribution in [0.3, 0.4) is 0 Å². The first-order chi connectivity index (χ1) is 23.3. The smallest absolute Gasteiger partial charge is 0.262 e. The van der Waals surface area contributed by atoms with Gasteiger partial charge in [-0.05, 0) is 60.4 Å². The average Bonchev–Trinajstić information content (AvgIpc) is 3.54. The van der Waals surface area contributed by atoms with Gasteiger partial charge in [0, 0.05) is 42.0 Å². The van der Waals surface area contributed by atoms with E-state index in [9.17, 15) is 28.8 Å². The van der Waals surface area contributed by atoms with Gasteiger partial charge in [0.05, 0.1) is 16.6 Å². The largest absolute Gasteiger partial charge is 0.352 e. The molecule has 1 fully saturated rings. The molecule has 5 aromatic rings. The van der Waals surface area contributed by atoms with Crippen LogP contribution >= 0.6 is 0 Å². The van der Waals surface area contributed by atoms with Crippen LogP contribution in [0.15, 0.2) is 85.1 Å². The Balaban J connectivity index is 0.910. The van der Waals surface area contributed by atoms with E-state index in [2.05, 4.69) is 20.9 Å². The highest BCUT2D eigenvalue weighted by Crippen LogP contribution is 2.29. The lowest BCUT2D eigenvalue weighted by atomic mass is 10.0. The van der Waals surface area contributed by atoms with Crippen LogP contribution in [0.4, 0.5) is 0 Å². The van der Waals surface area contributed by atoms with Gasteiger partial charge in [-0.1, -0.05) is 42.5 Å². The zero-order valence-corrected chi connectivity index (χ0v) is 25.7. The lowest BCUT2D eigenvalue weighted by Crippen LogP contribution is -2.54. The number of carbonyl (C=O) groups is 6. The summed E-state index contributed by atoms with van der Waals surface area (Å²) in [5.74, 6) is -2.97. The molecule has 0 bridgehead atoms. The molecule has 1 saturated heterocycles. The molecule has 7 rings (SSSR count). The molecule has 12 heteroatoms. The van der Waals surface area contributed by atoms with Gasteiger partial charge >= 0.3 is 0 Å². The molecule has 0 saturated carbocycles. The van der Waals surface area contributed by atoms with Crippen molar-refractivity contribution >= 4 is 57.4 Å². The summed E-state index contributed by atoms with van der Waals surface area (Å²) in [4.78, 5) is 80.9. The third kappa shape index (κ3) is 5.68. The minimum absolute atomic E-state index is 0.0271. The number of benzene rings is 3. The Bertz CT molecular complexity index is 2100. The van der Waals surface area contributed by atoms with Crippen molar-refractivity contribution in [2.24, 2.45) is 0 Å². The van der Waals surface area contributed by atoms with Crippen molar-refractivity contribution in [1.29, 1.82) is 0 Å². The predicted molar refractivity (Wildman–Crippen MR) is 175 cm³/mol. The van der Waals surface area contributed by atoms with Crippen LogP contribution in [0.5, 0.6) is 0 Å². The standard InChI is InChI=1S/C36H30N6O6/c43-30-14-13-29(34(46)40-30)42-35(47)26-12-11-23(18-27(26)36(42)48)33(45)38-17-15-21-7-9-22(10-8-21)19-39-31(44)20-41-28-6-2-1-4-24(28)25-5-3-16-37-32(25)41/h1-12,16,18,29H,13-15,17,19-20H2,(H,38,45)(H,39,44)(H,40,43,46). The predicted octanol–water partition coefficient (Wildman–Crippen LogP) is 2.88. The number of imide groups is 2. The second-order valence-corrected chi connectivity index (χ2v) is 11.8. The van der Waals surface area contributed by atoms with Crippen molar-refractivity contribution in [2.45, 2.75) is 38.4 Å². The first kappa shape index (κ1) is 30.5. The van der Waals surface area contributed by atoms with Crippen LogP contribution < -0.4 is 16.0 Å². The molecular formula is C36H30N6O6. The number of aromatic nitrogens is 2. The van der Waals surface area contributed by atoms with E-state index in [1.54, 1.807) is 6.20 Å². The topological polar surface area (TPSA) is 160 Å². The van der Waals surface area contributed by atoms with Gasteiger partial charge < -0.3 is 15.2 Å². The molecule has 1 atom stereocenters. The first-order valence-electron chi connectivity index (χ1n) is 15.6. The summed E-state index contributed by atoms with van der Waals surface area (Å²) in [5, 5.41) is 10.0. The van der Waals surface area contributed by atoms with Crippen molar-refractivity contribution < 1.29 is 28.8 Å². The molecule has 2 aliphatic rings. The maximum absolute atomic E-state index is 13.1. The molecule has 48 heavy (non-hydrogen) atoms. The Morgan fingerprint density at radius 2 is 1.58 bits per heavy atom. The van der Waals surface area contributed by atoms with E-state index in [-0.39, 0.29) is 42.0 Å². The number of rotatable bonds is 9. The molecule has 240 valence electrons. The van der Waals surface area contributed by atoms with Crippen molar-refractivity contribution in [3.05, 3.63) is 113 Å². The lowest BCUT2D eigenvalue weighted by Gasteiger charge is -2.27. The number of amides is 6. The van der Waals surface area contributed by atoms with Crippen LogP contribution in [0.2, 0.25) is 0 Å². The fourth-order valence-corrected chi connectivity index (χ4v) is 6.29. The van der Waals surface area contributed by atoms with E-state index in [1.807, 2.05) is 65.2 Å². The van der Waals surface area contributed by atoms with Crippen LogP contribution in [0, 0.1) is 0 Å². The summed E-state index contributed by atoms with van der Waals surface area (Å²) in [6.45, 7) is 0.834. The number of hydrogen-bond acceptors (Lipinski definition) is 7. The van der Waals surface area contributed by atoms with Gasteiger partial charge in [-0.3, -0.25) is 39.0 Å². The summed E-state index contributed by atoms with van der Waals surface area (Å²) in [6.07, 6.45) is 2.35. The van der Waals surface area contributed by atoms with Gasteiger partial charge in [-0.25, -0.2) is 4.98 Å². The Morgan fingerprint density at radius 1 is 0.833 bits per heavy atom. The number of nitrogens with zero attached hydrogens (tertiary/aromatic N) is 3. The zero-order valence-electron chi connectivity index (χ0n) is 25.7. The molecular weight excluding hydrogens is 612 g/mol. The summed E-state index contributed by atoms with van der Waals surface area (Å²) in [6, 6.07) is 22.7. The van der Waals surface area contributed by atoms with Gasteiger partial charge in [0.2, 0.25) is 17.7 Å². The maximum atomic E-state index is 13.1. The second-order valence-electron chi connectivity index (χ2n) is 11.8. The highest BCUT2D eigenvalue weighted by atomic mass is 16.2. The van der Waals surface area contributed by atoms with E-state index >= 15 is 0 Å². The summed E-state index contributed by atoms with van der Waals surface area (Å²) >= 11 is 0. The molecule has 0 radical (unpaired) electrons. The van der Waals surface area contributed by atoms with Crippen LogP contribution in [0.25, 0.3) is 21.9 Å². The van der Waals surface area contributed by atoms with E-state index in [0.717, 1.165) is 38.0 Å². The van der Waals surface area contributed by atoms with Crippen LogP contribution in [-0.4, -0.2) is 62.5 Å². The minimum atomic E-state index is -1.07. The fourth-order valence-electron chi connectivity index (χ4n) is 6.29. The van der Waals surface area contributed by atoms with Gasteiger partial charge in [-0.15, -0.1) is 0 Å². The van der Waals surface area contributed by atoms with Crippen molar-refractivity contribution in [2.75, 3.05) is 6.54 Å². The Kier molecular flexibility index (Phi) is 7.97. The molecule has 4 heterocycles. The fraction of sp³-hybridized carbons (Fsp3) is 0.194. The number of carbonyl (C=O) groups excluding carboxylic acids is 6. The third-order valence-electron chi connectivity index (χ3n) is 8.74. The normalized spacial score (nSPS) is 15.9. The molecule has 6 amide bonds. The van der Waals surface area contributed by atoms with Gasteiger partial charge in [0.25, 0.3) is 17.7 Å². The van der Waals surface area contributed by atoms with Crippen molar-refractivity contribution in [3.63, 3.8) is 0 Å². The van der Waals surface area contributed by atoms with E-state index in [1.165, 1.54) is 18.2 Å². The minimum Gasteiger partial charge on any atom is -0.352 e. The van der Waals surface area contributed by atoms with Crippen LogP contribution in [0.1, 0.15) is 55.0 Å². The number of piperidine rings is 1. The molecule has 1 unspecified atom stereocenters. The van der Waals surface area contributed by atoms with Crippen molar-refractivity contribution in [3.8, 4) is 0 Å². The summed E-state index contributed by atoms with van der Waals surface area (Å²) < 4.78 is 1.92. The molecule has 3 aromatic carbocycles. The third-order valence-corrected chi connectivity index (χ3v) is 8.74. The number of nitrogens with one attached hydrogen (secondary N) is 3. The monoisotopic (exact) mass is 642 g/mol. The van der Waals surface area contributed by atoms with E-state index in [4.69, 9.17) is 0 Å². The highest BCUT2D eigenvalue weighted by Gasteiger charge is 2.44. The van der Waals surface area contributed by atoms with Crippen LogP contribution in [-0.2, 0) is 33.9 Å². The molecule has 0 spiro atoms. The van der Waals surface area contributed by atoms with E-state index in [0.29, 0.717) is 19.5 Å². The molecule has 0 aliphatic carbocycles. The Morgan fingerprint density at radius 3 is 2.40 bits per heavy atom. The second kappa shape index (κ2) is 12.6. The first-order valence-corrected chi connectivity index (χ1v) is 15.6. The quantitative estimate of drug-likeness (QED) is 0.209. The maximum Gasteiger partial charge on any atom is 0.262 e. The molecule has 2 aromatic heterocycles. The van der Waals surface area contributed by atoms with Gasteiger partial charge in [0.1, 0.15) is 18.2 Å². The lowest BCUT2D eigenvalue weighted by molar-refractivity contribution is -0.136. The van der Waals surface area contributed by atoms with E-state index < -0.39 is 35.6 Å². The number of para-hydroxylation sites is 1. The zero-order chi connectivity index (χ0) is 33.4. The molecule has 2 aliphatic heterocycles.